The van der Waals surface area contributed by atoms with Gasteiger partial charge in [0.25, 0.3) is 17.5 Å². The Balaban J connectivity index is 1.57. The lowest BCUT2D eigenvalue weighted by Gasteiger charge is -2.29. The molecular formula is C23H22N4O4S. The van der Waals surface area contributed by atoms with Crippen LogP contribution in [-0.2, 0) is 9.59 Å². The molecule has 2 aromatic rings. The Kier molecular flexibility index (Phi) is 6.27. The fraction of sp³-hybridized carbons (Fsp3) is 0.261. The smallest absolute Gasteiger partial charge is 0.269 e. The number of nitro benzene ring substituents is 1. The zero-order chi connectivity index (χ0) is 22.7. The predicted octanol–water partition coefficient (Wildman–Crippen LogP) is 3.90. The molecular weight excluding hydrogens is 428 g/mol. The van der Waals surface area contributed by atoms with Crippen molar-refractivity contribution in [2.45, 2.75) is 32.1 Å². The van der Waals surface area contributed by atoms with E-state index in [1.807, 2.05) is 0 Å². The molecule has 164 valence electrons. The fourth-order valence-electron chi connectivity index (χ4n) is 3.91. The molecule has 0 unspecified atom stereocenters. The van der Waals surface area contributed by atoms with E-state index < -0.39 is 16.7 Å². The number of non-ortho nitro benzene ring substituents is 1. The number of aromatic nitrogens is 1. The van der Waals surface area contributed by atoms with Crippen LogP contribution in [0.3, 0.4) is 0 Å². The third-order valence-corrected chi connectivity index (χ3v) is 5.96. The van der Waals surface area contributed by atoms with E-state index >= 15 is 0 Å². The SMILES string of the molecule is O=C1NC(=S)N(CCC2=CCCCC2)C(=O)/C1=C/c1cccn1-c1ccc([N+](=O)[O-])cc1. The summed E-state index contributed by atoms with van der Waals surface area (Å²) in [5.74, 6) is -0.962. The molecule has 0 saturated carbocycles. The van der Waals surface area contributed by atoms with E-state index in [9.17, 15) is 19.7 Å². The van der Waals surface area contributed by atoms with Crippen molar-refractivity contribution < 1.29 is 14.5 Å². The highest BCUT2D eigenvalue weighted by Gasteiger charge is 2.33. The van der Waals surface area contributed by atoms with E-state index in [1.54, 1.807) is 35.0 Å². The van der Waals surface area contributed by atoms with Crippen molar-refractivity contribution in [3.63, 3.8) is 0 Å². The Labute approximate surface area is 190 Å². The maximum atomic E-state index is 13.1. The number of carbonyl (C=O) groups is 2. The summed E-state index contributed by atoms with van der Waals surface area (Å²) >= 11 is 5.25. The van der Waals surface area contributed by atoms with E-state index in [1.165, 1.54) is 35.1 Å². The monoisotopic (exact) mass is 450 g/mol. The van der Waals surface area contributed by atoms with Gasteiger partial charge in [-0.05, 0) is 74.7 Å². The molecule has 4 rings (SSSR count). The van der Waals surface area contributed by atoms with Gasteiger partial charge in [-0.25, -0.2) is 0 Å². The van der Waals surface area contributed by atoms with Crippen molar-refractivity contribution in [3.8, 4) is 5.69 Å². The Hall–Kier alpha value is -3.59. The molecule has 1 aromatic heterocycles. The van der Waals surface area contributed by atoms with Gasteiger partial charge in [-0.3, -0.25) is 29.9 Å². The second kappa shape index (κ2) is 9.27. The molecule has 1 saturated heterocycles. The molecule has 2 heterocycles. The predicted molar refractivity (Wildman–Crippen MR) is 124 cm³/mol. The quantitative estimate of drug-likeness (QED) is 0.180. The second-order valence-corrected chi connectivity index (χ2v) is 8.10. The molecule has 0 bridgehead atoms. The van der Waals surface area contributed by atoms with Crippen molar-refractivity contribution >= 4 is 40.9 Å². The highest BCUT2D eigenvalue weighted by atomic mass is 32.1. The molecule has 1 N–H and O–H groups in total. The summed E-state index contributed by atoms with van der Waals surface area (Å²) < 4.78 is 1.75. The van der Waals surface area contributed by atoms with Crippen molar-refractivity contribution in [3.05, 3.63) is 75.6 Å². The van der Waals surface area contributed by atoms with Crippen LogP contribution < -0.4 is 5.32 Å². The van der Waals surface area contributed by atoms with Gasteiger partial charge in [0.2, 0.25) is 0 Å². The van der Waals surface area contributed by atoms with Gasteiger partial charge >= 0.3 is 0 Å². The Morgan fingerprint density at radius 2 is 1.94 bits per heavy atom. The Bertz CT molecular complexity index is 1150. The average Bonchev–Trinajstić information content (AvgIpc) is 3.25. The first-order valence-corrected chi connectivity index (χ1v) is 10.8. The van der Waals surface area contributed by atoms with Crippen molar-refractivity contribution in [1.29, 1.82) is 0 Å². The van der Waals surface area contributed by atoms with Gasteiger partial charge in [0.15, 0.2) is 5.11 Å². The number of allylic oxidation sites excluding steroid dienone is 1. The maximum Gasteiger partial charge on any atom is 0.269 e. The normalized spacial score (nSPS) is 18.0. The van der Waals surface area contributed by atoms with Gasteiger partial charge in [-0.15, -0.1) is 0 Å². The molecule has 0 spiro atoms. The fourth-order valence-corrected chi connectivity index (χ4v) is 4.18. The Morgan fingerprint density at radius 3 is 2.62 bits per heavy atom. The van der Waals surface area contributed by atoms with Gasteiger partial charge in [0, 0.05) is 36.3 Å². The van der Waals surface area contributed by atoms with Gasteiger partial charge in [0.05, 0.1) is 4.92 Å². The van der Waals surface area contributed by atoms with Crippen LogP contribution in [0.2, 0.25) is 0 Å². The summed E-state index contributed by atoms with van der Waals surface area (Å²) in [5.41, 5.74) is 2.58. The molecule has 8 nitrogen and oxygen atoms in total. The minimum Gasteiger partial charge on any atom is -0.317 e. The molecule has 0 atom stereocenters. The zero-order valence-electron chi connectivity index (χ0n) is 17.3. The third kappa shape index (κ3) is 4.52. The van der Waals surface area contributed by atoms with Crippen LogP contribution in [-0.4, -0.2) is 37.9 Å². The number of thiocarbonyl (C=S) groups is 1. The zero-order valence-corrected chi connectivity index (χ0v) is 18.1. The lowest BCUT2D eigenvalue weighted by Crippen LogP contribution is -2.54. The maximum absolute atomic E-state index is 13.1. The first-order valence-electron chi connectivity index (χ1n) is 10.4. The Morgan fingerprint density at radius 1 is 1.16 bits per heavy atom. The van der Waals surface area contributed by atoms with Crippen LogP contribution in [0.25, 0.3) is 11.8 Å². The van der Waals surface area contributed by atoms with E-state index in [0.29, 0.717) is 17.9 Å². The third-order valence-electron chi connectivity index (χ3n) is 5.64. The molecule has 2 aliphatic rings. The number of carbonyl (C=O) groups excluding carboxylic acids is 2. The number of hydrogen-bond donors (Lipinski definition) is 1. The highest BCUT2D eigenvalue weighted by molar-refractivity contribution is 7.80. The number of nitrogens with one attached hydrogen (secondary N) is 1. The summed E-state index contributed by atoms with van der Waals surface area (Å²) in [6.07, 6.45) is 10.7. The first-order chi connectivity index (χ1) is 15.4. The first kappa shape index (κ1) is 21.6. The van der Waals surface area contributed by atoms with Crippen LogP contribution in [0, 0.1) is 10.1 Å². The summed E-state index contributed by atoms with van der Waals surface area (Å²) in [5, 5.41) is 13.6. The van der Waals surface area contributed by atoms with Crippen LogP contribution >= 0.6 is 12.2 Å². The molecule has 9 heteroatoms. The van der Waals surface area contributed by atoms with E-state index in [2.05, 4.69) is 11.4 Å². The minimum atomic E-state index is -0.537. The van der Waals surface area contributed by atoms with Crippen LogP contribution in [0.1, 0.15) is 37.8 Å². The van der Waals surface area contributed by atoms with Crippen molar-refractivity contribution in [2.75, 3.05) is 6.54 Å². The lowest BCUT2D eigenvalue weighted by atomic mass is 9.97. The molecule has 1 aliphatic carbocycles. The molecule has 32 heavy (non-hydrogen) atoms. The molecule has 1 aliphatic heterocycles. The van der Waals surface area contributed by atoms with Gasteiger partial charge in [-0.1, -0.05) is 11.6 Å². The van der Waals surface area contributed by atoms with Crippen LogP contribution in [0.5, 0.6) is 0 Å². The number of hydrogen-bond acceptors (Lipinski definition) is 5. The molecule has 1 aromatic carbocycles. The topological polar surface area (TPSA) is 97.5 Å². The molecule has 0 radical (unpaired) electrons. The van der Waals surface area contributed by atoms with Gasteiger partial charge in [0.1, 0.15) is 5.57 Å². The van der Waals surface area contributed by atoms with Crippen molar-refractivity contribution in [2.24, 2.45) is 0 Å². The minimum absolute atomic E-state index is 0.00177. The highest BCUT2D eigenvalue weighted by Crippen LogP contribution is 2.23. The number of rotatable bonds is 6. The largest absolute Gasteiger partial charge is 0.317 e. The van der Waals surface area contributed by atoms with Crippen LogP contribution in [0.15, 0.2) is 59.8 Å². The summed E-state index contributed by atoms with van der Waals surface area (Å²) in [6, 6.07) is 9.58. The number of amides is 2. The lowest BCUT2D eigenvalue weighted by molar-refractivity contribution is -0.384. The molecule has 1 fully saturated rings. The van der Waals surface area contributed by atoms with E-state index in [-0.39, 0.29) is 16.4 Å². The summed E-state index contributed by atoms with van der Waals surface area (Å²) in [4.78, 5) is 37.5. The second-order valence-electron chi connectivity index (χ2n) is 7.71. The van der Waals surface area contributed by atoms with Gasteiger partial charge < -0.3 is 4.57 Å². The van der Waals surface area contributed by atoms with Gasteiger partial charge in [-0.2, -0.15) is 0 Å². The van der Waals surface area contributed by atoms with Crippen LogP contribution in [0.4, 0.5) is 5.69 Å². The summed E-state index contributed by atoms with van der Waals surface area (Å²) in [6.45, 7) is 0.421. The van der Waals surface area contributed by atoms with E-state index in [0.717, 1.165) is 25.7 Å². The summed E-state index contributed by atoms with van der Waals surface area (Å²) in [7, 11) is 0. The molecule has 2 amide bonds. The van der Waals surface area contributed by atoms with Crippen molar-refractivity contribution in [1.82, 2.24) is 14.8 Å². The van der Waals surface area contributed by atoms with E-state index in [4.69, 9.17) is 12.2 Å². The number of nitrogens with zero attached hydrogens (tertiary/aromatic N) is 3. The standard InChI is InChI=1S/C23H22N4O4S/c28-21-20(22(29)26(23(32)24-21)14-12-16-5-2-1-3-6-16)15-19-7-4-13-25(19)17-8-10-18(11-9-17)27(30)31/h4-5,7-11,13,15H,1-3,6,12,14H2,(H,24,28,32)/b20-15+. The number of nitro groups is 1. The average molecular weight is 451 g/mol. The number of benzene rings is 1.